The molecule has 1 N–H and O–H groups in total. The van der Waals surface area contributed by atoms with E-state index in [0.717, 1.165) is 56.7 Å². The van der Waals surface area contributed by atoms with E-state index < -0.39 is 6.36 Å². The van der Waals surface area contributed by atoms with Crippen LogP contribution in [0.1, 0.15) is 48.8 Å². The first-order chi connectivity index (χ1) is 16.8. The van der Waals surface area contributed by atoms with Gasteiger partial charge < -0.3 is 19.5 Å². The number of nitrogens with one attached hydrogen (secondary N) is 1. The molecule has 2 unspecified atom stereocenters. The summed E-state index contributed by atoms with van der Waals surface area (Å²) in [7, 11) is 0. The van der Waals surface area contributed by atoms with Crippen LogP contribution >= 0.6 is 0 Å². The van der Waals surface area contributed by atoms with E-state index in [9.17, 15) is 13.2 Å². The van der Waals surface area contributed by atoms with Gasteiger partial charge in [-0.25, -0.2) is 4.68 Å². The van der Waals surface area contributed by atoms with E-state index in [4.69, 9.17) is 14.6 Å². The van der Waals surface area contributed by atoms with E-state index in [-0.39, 0.29) is 17.7 Å². The lowest BCUT2D eigenvalue weighted by molar-refractivity contribution is -0.274. The Balaban J connectivity index is 1.17. The largest absolute Gasteiger partial charge is 0.573 e. The summed E-state index contributed by atoms with van der Waals surface area (Å²) in [4.78, 5) is 11.4. The average molecular weight is 490 g/mol. The number of ether oxygens (including phenoxy) is 1. The Labute approximate surface area is 199 Å². The van der Waals surface area contributed by atoms with Crippen molar-refractivity contribution in [3.05, 3.63) is 41.5 Å². The molecule has 4 heterocycles. The van der Waals surface area contributed by atoms with Gasteiger partial charge in [-0.2, -0.15) is 9.97 Å². The van der Waals surface area contributed by atoms with Crippen molar-refractivity contribution >= 4 is 12.0 Å². The molecular weight excluding hydrogens is 463 g/mol. The molecule has 186 valence electrons. The molecule has 0 amide bonds. The van der Waals surface area contributed by atoms with Crippen LogP contribution in [0.2, 0.25) is 0 Å². The Bertz CT molecular complexity index is 1180. The lowest BCUT2D eigenvalue weighted by Crippen LogP contribution is -2.48. The second-order valence-corrected chi connectivity index (χ2v) is 9.63. The van der Waals surface area contributed by atoms with Crippen LogP contribution in [-0.4, -0.2) is 50.4 Å². The van der Waals surface area contributed by atoms with Gasteiger partial charge in [0, 0.05) is 31.6 Å². The topological polar surface area (TPSA) is 94.1 Å². The number of aryl methyl sites for hydroxylation is 2. The van der Waals surface area contributed by atoms with Gasteiger partial charge in [0.05, 0.1) is 0 Å². The van der Waals surface area contributed by atoms with Gasteiger partial charge in [-0.1, -0.05) is 17.3 Å². The molecule has 2 aromatic heterocycles. The van der Waals surface area contributed by atoms with Crippen molar-refractivity contribution in [2.45, 2.75) is 57.5 Å². The maximum atomic E-state index is 12.5. The predicted molar refractivity (Wildman–Crippen MR) is 119 cm³/mol. The lowest BCUT2D eigenvalue weighted by Gasteiger charge is -2.37. The highest BCUT2D eigenvalue weighted by Crippen LogP contribution is 2.40. The smallest absolute Gasteiger partial charge is 0.406 e. The van der Waals surface area contributed by atoms with E-state index in [1.165, 1.54) is 12.1 Å². The normalized spacial score (nSPS) is 26.0. The van der Waals surface area contributed by atoms with Crippen molar-refractivity contribution in [2.24, 2.45) is 11.8 Å². The van der Waals surface area contributed by atoms with Crippen LogP contribution in [0.25, 0.3) is 0 Å². The monoisotopic (exact) mass is 489 g/mol. The second kappa shape index (κ2) is 8.42. The Morgan fingerprint density at radius 1 is 1.06 bits per heavy atom. The number of benzene rings is 1. The third-order valence-electron chi connectivity index (χ3n) is 7.31. The molecule has 2 fully saturated rings. The fraction of sp³-hybridized carbons (Fsp3) is 0.565. The molecule has 1 aliphatic carbocycles. The van der Waals surface area contributed by atoms with E-state index in [1.807, 2.05) is 11.6 Å². The Morgan fingerprint density at radius 3 is 2.46 bits per heavy atom. The first kappa shape index (κ1) is 22.2. The fourth-order valence-corrected chi connectivity index (χ4v) is 5.81. The van der Waals surface area contributed by atoms with Gasteiger partial charge in [0.15, 0.2) is 5.82 Å². The van der Waals surface area contributed by atoms with E-state index in [1.54, 1.807) is 12.1 Å². The molecule has 0 radical (unpaired) electrons. The predicted octanol–water partition coefficient (Wildman–Crippen LogP) is 4.12. The van der Waals surface area contributed by atoms with Crippen LogP contribution in [0.3, 0.4) is 0 Å². The van der Waals surface area contributed by atoms with Crippen molar-refractivity contribution < 1.29 is 22.4 Å². The summed E-state index contributed by atoms with van der Waals surface area (Å²) in [5.74, 6) is 2.71. The summed E-state index contributed by atoms with van der Waals surface area (Å²) in [6.45, 7) is 4.29. The molecule has 12 heteroatoms. The molecule has 35 heavy (non-hydrogen) atoms. The summed E-state index contributed by atoms with van der Waals surface area (Å²) in [5.41, 5.74) is 0.905. The van der Waals surface area contributed by atoms with Crippen molar-refractivity contribution in [1.82, 2.24) is 24.9 Å². The maximum absolute atomic E-state index is 12.5. The van der Waals surface area contributed by atoms with Crippen molar-refractivity contribution in [3.8, 4) is 5.75 Å². The molecular formula is C23H26F3N7O2. The summed E-state index contributed by atoms with van der Waals surface area (Å²) >= 11 is 0. The molecule has 0 spiro atoms. The van der Waals surface area contributed by atoms with Crippen molar-refractivity contribution in [2.75, 3.05) is 23.3 Å². The zero-order valence-electron chi connectivity index (χ0n) is 19.2. The summed E-state index contributed by atoms with van der Waals surface area (Å²) in [6, 6.07) is 6.93. The number of aromatic nitrogens is 5. The van der Waals surface area contributed by atoms with Gasteiger partial charge in [0.1, 0.15) is 11.6 Å². The van der Waals surface area contributed by atoms with Gasteiger partial charge in [0.2, 0.25) is 5.95 Å². The highest BCUT2D eigenvalue weighted by Gasteiger charge is 2.44. The van der Waals surface area contributed by atoms with E-state index >= 15 is 0 Å². The fourth-order valence-electron chi connectivity index (χ4n) is 5.81. The lowest BCUT2D eigenvalue weighted by atomic mass is 9.91. The Kier molecular flexibility index (Phi) is 5.33. The molecule has 3 aromatic rings. The van der Waals surface area contributed by atoms with Crippen molar-refractivity contribution in [3.63, 3.8) is 0 Å². The number of hydrogen-bond donors (Lipinski definition) is 1. The molecule has 1 saturated carbocycles. The van der Waals surface area contributed by atoms with Crippen LogP contribution in [0.4, 0.5) is 25.1 Å². The number of fused-ring (bicyclic) bond motifs is 3. The molecule has 2 bridgehead atoms. The summed E-state index contributed by atoms with van der Waals surface area (Å²) < 4.78 is 48.8. The minimum absolute atomic E-state index is 0.0222. The van der Waals surface area contributed by atoms with Crippen LogP contribution < -0.4 is 15.0 Å². The van der Waals surface area contributed by atoms with Gasteiger partial charge in [0.25, 0.3) is 0 Å². The van der Waals surface area contributed by atoms with Crippen molar-refractivity contribution in [1.29, 1.82) is 0 Å². The molecule has 2 aliphatic heterocycles. The number of piperidine rings is 1. The minimum atomic E-state index is -4.70. The maximum Gasteiger partial charge on any atom is 0.573 e. The Hall–Kier alpha value is -3.31. The second-order valence-electron chi connectivity index (χ2n) is 9.63. The zero-order chi connectivity index (χ0) is 24.2. The van der Waals surface area contributed by atoms with Gasteiger partial charge in [-0.15, -0.1) is 18.3 Å². The quantitative estimate of drug-likeness (QED) is 0.572. The van der Waals surface area contributed by atoms with Gasteiger partial charge in [-0.3, -0.25) is 0 Å². The summed E-state index contributed by atoms with van der Waals surface area (Å²) in [5, 5.41) is 12.2. The molecule has 3 aliphatic rings. The first-order valence-corrected chi connectivity index (χ1v) is 11.9. The molecule has 9 nitrogen and oxygen atoms in total. The average Bonchev–Trinajstić information content (AvgIpc) is 3.48. The zero-order valence-corrected chi connectivity index (χ0v) is 19.2. The Morgan fingerprint density at radius 2 is 1.80 bits per heavy atom. The third kappa shape index (κ3) is 4.41. The number of hydrogen-bond acceptors (Lipinski definition) is 8. The standard InChI is InChI=1S/C23H26F3N7O2/c1-13-27-22(35-31-13)32-11-15-4-5-16(12-32)19(15)28-21-29-20-18(3-2-10-33(20)30-21)14-6-8-17(9-7-14)34-23(24,25)26/h6-9,15-16,18-19H,2-5,10-12H2,1H3,(H,28,30)/t15-,16+,18?,19?. The summed E-state index contributed by atoms with van der Waals surface area (Å²) in [6.07, 6.45) is -0.671. The van der Waals surface area contributed by atoms with Crippen LogP contribution in [0.5, 0.6) is 5.75 Å². The number of anilines is 2. The molecule has 1 saturated heterocycles. The number of halogens is 3. The highest BCUT2D eigenvalue weighted by molar-refractivity contribution is 5.37. The van der Waals surface area contributed by atoms with Crippen LogP contribution in [0.15, 0.2) is 28.8 Å². The van der Waals surface area contributed by atoms with Gasteiger partial charge in [-0.05, 0) is 62.1 Å². The molecule has 6 rings (SSSR count). The number of nitrogens with zero attached hydrogens (tertiary/aromatic N) is 6. The first-order valence-electron chi connectivity index (χ1n) is 11.9. The van der Waals surface area contributed by atoms with E-state index in [0.29, 0.717) is 29.6 Å². The number of rotatable bonds is 5. The van der Waals surface area contributed by atoms with E-state index in [2.05, 4.69) is 25.1 Å². The highest BCUT2D eigenvalue weighted by atomic mass is 19.4. The SMILES string of the molecule is Cc1noc(N2C[C@H]3CC[C@@H](C2)C3Nc2nc3n(n2)CCCC3c2ccc(OC(F)(F)F)cc2)n1. The minimum Gasteiger partial charge on any atom is -0.406 e. The third-order valence-corrected chi connectivity index (χ3v) is 7.31. The number of alkyl halides is 3. The molecule has 4 atom stereocenters. The van der Waals surface area contributed by atoms with Crippen LogP contribution in [-0.2, 0) is 6.54 Å². The molecule has 1 aromatic carbocycles. The van der Waals surface area contributed by atoms with Crippen LogP contribution in [0, 0.1) is 18.8 Å². The van der Waals surface area contributed by atoms with Gasteiger partial charge >= 0.3 is 12.4 Å².